The Kier molecular flexibility index (Phi) is 6.26. The van der Waals surface area contributed by atoms with Crippen molar-refractivity contribution in [3.63, 3.8) is 0 Å². The van der Waals surface area contributed by atoms with Gasteiger partial charge in [0.15, 0.2) is 0 Å². The molecule has 27 heavy (non-hydrogen) atoms. The molecule has 0 aliphatic carbocycles. The minimum Gasteiger partial charge on any atom is -0.379 e. The van der Waals surface area contributed by atoms with E-state index in [1.54, 1.807) is 24.3 Å². The average Bonchev–Trinajstić information content (AvgIpc) is 2.65. The Morgan fingerprint density at radius 2 is 1.85 bits per heavy atom. The number of aryl methyl sites for hydroxylation is 2. The van der Waals surface area contributed by atoms with Gasteiger partial charge < -0.3 is 4.74 Å². The molecule has 146 valence electrons. The van der Waals surface area contributed by atoms with E-state index < -0.39 is 10.0 Å². The van der Waals surface area contributed by atoms with Crippen LogP contribution in [0.3, 0.4) is 0 Å². The normalized spacial score (nSPS) is 17.0. The van der Waals surface area contributed by atoms with Crippen molar-refractivity contribution in [3.8, 4) is 0 Å². The number of nitrogens with one attached hydrogen (secondary N) is 1. The molecule has 0 amide bonds. The van der Waals surface area contributed by atoms with E-state index in [0.29, 0.717) is 26.3 Å². The lowest BCUT2D eigenvalue weighted by atomic mass is 10.0. The smallest absolute Gasteiger partial charge is 0.240 e. The number of morpholine rings is 1. The lowest BCUT2D eigenvalue weighted by molar-refractivity contribution is 0.0171. The van der Waals surface area contributed by atoms with Gasteiger partial charge in [-0.3, -0.25) is 4.90 Å². The predicted molar refractivity (Wildman–Crippen MR) is 103 cm³/mol. The van der Waals surface area contributed by atoms with E-state index in [1.807, 2.05) is 19.9 Å². The quantitative estimate of drug-likeness (QED) is 0.821. The van der Waals surface area contributed by atoms with Gasteiger partial charge >= 0.3 is 0 Å². The summed E-state index contributed by atoms with van der Waals surface area (Å²) in [5, 5.41) is 0. The first-order valence-corrected chi connectivity index (χ1v) is 10.5. The summed E-state index contributed by atoms with van der Waals surface area (Å²) in [6.45, 7) is 6.50. The molecule has 1 fully saturated rings. The van der Waals surface area contributed by atoms with E-state index in [0.717, 1.165) is 16.7 Å². The molecule has 1 heterocycles. The second-order valence-electron chi connectivity index (χ2n) is 6.82. The molecule has 0 spiro atoms. The van der Waals surface area contributed by atoms with Gasteiger partial charge in [0.2, 0.25) is 10.0 Å². The van der Waals surface area contributed by atoms with E-state index in [4.69, 9.17) is 4.74 Å². The van der Waals surface area contributed by atoms with E-state index in [9.17, 15) is 12.8 Å². The van der Waals surface area contributed by atoms with Gasteiger partial charge in [0.1, 0.15) is 5.82 Å². The maximum Gasteiger partial charge on any atom is 0.240 e. The van der Waals surface area contributed by atoms with Gasteiger partial charge in [-0.05, 0) is 54.8 Å². The lowest BCUT2D eigenvalue weighted by Gasteiger charge is -2.34. The highest BCUT2D eigenvalue weighted by Gasteiger charge is 2.25. The van der Waals surface area contributed by atoms with Crippen LogP contribution in [0.4, 0.5) is 4.39 Å². The molecule has 1 N–H and O–H groups in total. The van der Waals surface area contributed by atoms with Crippen molar-refractivity contribution in [3.05, 3.63) is 65.0 Å². The van der Waals surface area contributed by atoms with Crippen LogP contribution in [-0.4, -0.2) is 46.2 Å². The van der Waals surface area contributed by atoms with E-state index in [2.05, 4.69) is 9.62 Å². The van der Waals surface area contributed by atoms with Crippen molar-refractivity contribution in [2.45, 2.75) is 24.8 Å². The van der Waals surface area contributed by atoms with E-state index >= 15 is 0 Å². The summed E-state index contributed by atoms with van der Waals surface area (Å²) >= 11 is 0. The van der Waals surface area contributed by atoms with Crippen molar-refractivity contribution in [1.29, 1.82) is 0 Å². The van der Waals surface area contributed by atoms with Crippen LogP contribution < -0.4 is 4.72 Å². The number of halogens is 1. The molecule has 3 rings (SSSR count). The first-order valence-electron chi connectivity index (χ1n) is 9.01. The Morgan fingerprint density at radius 1 is 1.11 bits per heavy atom. The summed E-state index contributed by atoms with van der Waals surface area (Å²) in [6.07, 6.45) is 0. The van der Waals surface area contributed by atoms with Gasteiger partial charge in [0.25, 0.3) is 0 Å². The Labute approximate surface area is 160 Å². The SMILES string of the molecule is Cc1ccc(S(=O)(=O)NCC(c2cccc(F)c2)N2CCOCC2)cc1C. The average molecular weight is 392 g/mol. The highest BCUT2D eigenvalue weighted by Crippen LogP contribution is 2.23. The third-order valence-corrected chi connectivity index (χ3v) is 6.40. The zero-order valence-corrected chi connectivity index (χ0v) is 16.4. The summed E-state index contributed by atoms with van der Waals surface area (Å²) in [7, 11) is -3.65. The van der Waals surface area contributed by atoms with Gasteiger partial charge in [-0.2, -0.15) is 0 Å². The molecule has 5 nitrogen and oxygen atoms in total. The van der Waals surface area contributed by atoms with Crippen LogP contribution in [0, 0.1) is 19.7 Å². The summed E-state index contributed by atoms with van der Waals surface area (Å²) in [4.78, 5) is 2.37. The maximum absolute atomic E-state index is 13.7. The summed E-state index contributed by atoms with van der Waals surface area (Å²) < 4.78 is 47.3. The van der Waals surface area contributed by atoms with Crippen LogP contribution >= 0.6 is 0 Å². The zero-order valence-electron chi connectivity index (χ0n) is 15.6. The molecule has 1 aliphatic heterocycles. The molecule has 7 heteroatoms. The Hall–Kier alpha value is -1.80. The molecular weight excluding hydrogens is 367 g/mol. The number of hydrogen-bond donors (Lipinski definition) is 1. The van der Waals surface area contributed by atoms with Crippen LogP contribution in [0.2, 0.25) is 0 Å². The van der Waals surface area contributed by atoms with Gasteiger partial charge in [-0.1, -0.05) is 18.2 Å². The molecule has 1 aliphatic rings. The van der Waals surface area contributed by atoms with Crippen molar-refractivity contribution >= 4 is 10.0 Å². The first-order chi connectivity index (χ1) is 12.9. The number of ether oxygens (including phenoxy) is 1. The van der Waals surface area contributed by atoms with Crippen molar-refractivity contribution in [1.82, 2.24) is 9.62 Å². The number of sulfonamides is 1. The van der Waals surface area contributed by atoms with E-state index in [1.165, 1.54) is 12.1 Å². The van der Waals surface area contributed by atoms with Gasteiger partial charge in [-0.25, -0.2) is 17.5 Å². The summed E-state index contributed by atoms with van der Waals surface area (Å²) in [6, 6.07) is 11.1. The third kappa shape index (κ3) is 4.93. The van der Waals surface area contributed by atoms with Crippen molar-refractivity contribution < 1.29 is 17.5 Å². The molecule has 2 aromatic rings. The second-order valence-corrected chi connectivity index (χ2v) is 8.58. The van der Waals surface area contributed by atoms with Gasteiger partial charge in [0.05, 0.1) is 18.1 Å². The number of rotatable bonds is 6. The fourth-order valence-electron chi connectivity index (χ4n) is 3.21. The second kappa shape index (κ2) is 8.48. The van der Waals surface area contributed by atoms with Crippen LogP contribution in [0.5, 0.6) is 0 Å². The van der Waals surface area contributed by atoms with Crippen LogP contribution in [0.25, 0.3) is 0 Å². The molecule has 2 aromatic carbocycles. The minimum absolute atomic E-state index is 0.165. The summed E-state index contributed by atoms with van der Waals surface area (Å²) in [5.41, 5.74) is 2.72. The van der Waals surface area contributed by atoms with Crippen molar-refractivity contribution in [2.24, 2.45) is 0 Å². The van der Waals surface area contributed by atoms with Gasteiger partial charge in [0, 0.05) is 25.7 Å². The predicted octanol–water partition coefficient (Wildman–Crippen LogP) is 2.79. The Balaban J connectivity index is 1.82. The molecule has 1 unspecified atom stereocenters. The van der Waals surface area contributed by atoms with E-state index in [-0.39, 0.29) is 23.3 Å². The third-order valence-electron chi connectivity index (χ3n) is 4.98. The zero-order chi connectivity index (χ0) is 19.4. The topological polar surface area (TPSA) is 58.6 Å². The number of hydrogen-bond acceptors (Lipinski definition) is 4. The minimum atomic E-state index is -3.65. The van der Waals surface area contributed by atoms with Crippen LogP contribution in [0.1, 0.15) is 22.7 Å². The largest absolute Gasteiger partial charge is 0.379 e. The fraction of sp³-hybridized carbons (Fsp3) is 0.400. The standard InChI is InChI=1S/C20H25FN2O3S/c1-15-6-7-19(12-16(15)2)27(24,25)22-14-20(23-8-10-26-11-9-23)17-4-3-5-18(21)13-17/h3-7,12-13,20,22H,8-11,14H2,1-2H3. The molecule has 0 aromatic heterocycles. The molecule has 1 atom stereocenters. The molecule has 0 saturated carbocycles. The summed E-state index contributed by atoms with van der Waals surface area (Å²) in [5.74, 6) is -0.331. The molecule has 0 radical (unpaired) electrons. The van der Waals surface area contributed by atoms with Crippen molar-refractivity contribution in [2.75, 3.05) is 32.8 Å². The Bertz CT molecular complexity index is 896. The number of benzene rings is 2. The van der Waals surface area contributed by atoms with Crippen LogP contribution in [0.15, 0.2) is 47.4 Å². The lowest BCUT2D eigenvalue weighted by Crippen LogP contribution is -2.43. The molecule has 0 bridgehead atoms. The van der Waals surface area contributed by atoms with Gasteiger partial charge in [-0.15, -0.1) is 0 Å². The highest BCUT2D eigenvalue weighted by atomic mass is 32.2. The molecular formula is C20H25FN2O3S. The number of nitrogens with zero attached hydrogens (tertiary/aromatic N) is 1. The first kappa shape index (κ1) is 19.9. The fourth-order valence-corrected chi connectivity index (χ4v) is 4.34. The maximum atomic E-state index is 13.7. The monoisotopic (exact) mass is 392 g/mol. The van der Waals surface area contributed by atoms with Crippen LogP contribution in [-0.2, 0) is 14.8 Å². The molecule has 1 saturated heterocycles. The highest BCUT2D eigenvalue weighted by molar-refractivity contribution is 7.89. The Morgan fingerprint density at radius 3 is 2.52 bits per heavy atom.